The molecule has 1 aromatic rings. The summed E-state index contributed by atoms with van der Waals surface area (Å²) in [4.78, 5) is 0. The second-order valence-electron chi connectivity index (χ2n) is 5.38. The molecule has 2 aliphatic rings. The van der Waals surface area contributed by atoms with Crippen molar-refractivity contribution < 1.29 is 0 Å². The third kappa shape index (κ3) is 1.57. The minimum Gasteiger partial charge on any atom is -0.327 e. The van der Waals surface area contributed by atoms with Crippen LogP contribution in [0, 0.1) is 5.92 Å². The molecule has 1 atom stereocenters. The third-order valence-electron chi connectivity index (χ3n) is 4.43. The summed E-state index contributed by atoms with van der Waals surface area (Å²) < 4.78 is 0. The van der Waals surface area contributed by atoms with Gasteiger partial charge in [0.2, 0.25) is 0 Å². The molecule has 1 nitrogen and oxygen atoms in total. The molecule has 0 spiro atoms. The van der Waals surface area contributed by atoms with Crippen molar-refractivity contribution in [2.75, 3.05) is 0 Å². The first kappa shape index (κ1) is 10.6. The fourth-order valence-corrected chi connectivity index (χ4v) is 3.19. The van der Waals surface area contributed by atoms with Gasteiger partial charge in [0.1, 0.15) is 0 Å². The number of benzene rings is 1. The van der Waals surface area contributed by atoms with Crippen LogP contribution in [0.3, 0.4) is 0 Å². The first-order valence-corrected chi connectivity index (χ1v) is 6.62. The predicted molar refractivity (Wildman–Crippen MR) is 67.7 cm³/mol. The van der Waals surface area contributed by atoms with Crippen molar-refractivity contribution in [1.82, 2.24) is 0 Å². The summed E-state index contributed by atoms with van der Waals surface area (Å²) in [5, 5.41) is 0.818. The van der Waals surface area contributed by atoms with Crippen molar-refractivity contribution >= 4 is 11.6 Å². The van der Waals surface area contributed by atoms with Crippen LogP contribution in [-0.4, -0.2) is 6.04 Å². The lowest BCUT2D eigenvalue weighted by molar-refractivity contribution is 0.181. The summed E-state index contributed by atoms with van der Waals surface area (Å²) in [6.45, 7) is 0. The van der Waals surface area contributed by atoms with Gasteiger partial charge >= 0.3 is 0 Å². The Bertz CT molecular complexity index is 376. The van der Waals surface area contributed by atoms with Crippen molar-refractivity contribution in [2.45, 2.75) is 43.6 Å². The van der Waals surface area contributed by atoms with Crippen molar-refractivity contribution in [3.63, 3.8) is 0 Å². The van der Waals surface area contributed by atoms with Crippen molar-refractivity contribution in [1.29, 1.82) is 0 Å². The zero-order valence-corrected chi connectivity index (χ0v) is 10.2. The summed E-state index contributed by atoms with van der Waals surface area (Å²) in [6, 6.07) is 8.70. The number of hydrogen-bond donors (Lipinski definition) is 1. The average Bonchev–Trinajstić information content (AvgIpc) is 3.02. The summed E-state index contributed by atoms with van der Waals surface area (Å²) >= 11 is 5.95. The van der Waals surface area contributed by atoms with Gasteiger partial charge in [-0.2, -0.15) is 0 Å². The van der Waals surface area contributed by atoms with E-state index in [1.54, 1.807) is 0 Å². The summed E-state index contributed by atoms with van der Waals surface area (Å²) in [5.74, 6) is 0.774. The molecular formula is C14H18ClN. The standard InChI is InChI=1S/C14H18ClN/c15-12-6-4-11(5-7-12)14(8-1-9-14)13(16)10-2-3-10/h4-7,10,13H,1-3,8-9,16H2. The highest BCUT2D eigenvalue weighted by Gasteiger charge is 2.49. The normalized spacial score (nSPS) is 24.9. The molecule has 0 saturated heterocycles. The zero-order valence-electron chi connectivity index (χ0n) is 9.45. The van der Waals surface area contributed by atoms with E-state index in [9.17, 15) is 0 Å². The number of nitrogens with two attached hydrogens (primary N) is 1. The van der Waals surface area contributed by atoms with Crippen LogP contribution in [-0.2, 0) is 5.41 Å². The Labute approximate surface area is 102 Å². The Hall–Kier alpha value is -0.530. The molecule has 2 heteroatoms. The topological polar surface area (TPSA) is 26.0 Å². The molecule has 16 heavy (non-hydrogen) atoms. The van der Waals surface area contributed by atoms with E-state index in [1.165, 1.54) is 37.7 Å². The van der Waals surface area contributed by atoms with E-state index in [4.69, 9.17) is 17.3 Å². The molecule has 0 aliphatic heterocycles. The van der Waals surface area contributed by atoms with Gasteiger partial charge in [0.15, 0.2) is 0 Å². The van der Waals surface area contributed by atoms with Crippen LogP contribution in [0.1, 0.15) is 37.7 Å². The van der Waals surface area contributed by atoms with Crippen molar-refractivity contribution in [2.24, 2.45) is 11.7 Å². The Kier molecular flexibility index (Phi) is 2.49. The SMILES string of the molecule is NC(C1CC1)C1(c2ccc(Cl)cc2)CCC1. The van der Waals surface area contributed by atoms with Gasteiger partial charge in [-0.25, -0.2) is 0 Å². The number of rotatable bonds is 3. The van der Waals surface area contributed by atoms with E-state index in [2.05, 4.69) is 12.1 Å². The summed E-state index contributed by atoms with van der Waals surface area (Å²) in [6.07, 6.45) is 6.49. The average molecular weight is 236 g/mol. The molecule has 0 bridgehead atoms. The lowest BCUT2D eigenvalue weighted by atomic mass is 9.59. The Morgan fingerprint density at radius 1 is 1.19 bits per heavy atom. The first-order chi connectivity index (χ1) is 7.72. The molecule has 2 fully saturated rings. The number of hydrogen-bond acceptors (Lipinski definition) is 1. The Morgan fingerprint density at radius 2 is 1.81 bits per heavy atom. The van der Waals surface area contributed by atoms with Crippen LogP contribution in [0.2, 0.25) is 5.02 Å². The lowest BCUT2D eigenvalue weighted by Crippen LogP contribution is -2.51. The molecule has 86 valence electrons. The van der Waals surface area contributed by atoms with E-state index < -0.39 is 0 Å². The second kappa shape index (κ2) is 3.75. The molecule has 0 amide bonds. The molecule has 0 aromatic heterocycles. The molecule has 1 unspecified atom stereocenters. The van der Waals surface area contributed by atoms with Gasteiger partial charge in [-0.05, 0) is 49.3 Å². The van der Waals surface area contributed by atoms with Crippen LogP contribution < -0.4 is 5.73 Å². The maximum absolute atomic E-state index is 6.46. The van der Waals surface area contributed by atoms with E-state index >= 15 is 0 Å². The third-order valence-corrected chi connectivity index (χ3v) is 4.68. The fourth-order valence-electron chi connectivity index (χ4n) is 3.06. The molecule has 2 saturated carbocycles. The predicted octanol–water partition coefficient (Wildman–Crippen LogP) is 3.50. The van der Waals surface area contributed by atoms with E-state index in [-0.39, 0.29) is 5.41 Å². The van der Waals surface area contributed by atoms with Gasteiger partial charge in [-0.1, -0.05) is 30.2 Å². The molecule has 0 radical (unpaired) electrons. The zero-order chi connectivity index (χ0) is 11.2. The van der Waals surface area contributed by atoms with Crippen molar-refractivity contribution in [3.8, 4) is 0 Å². The molecule has 2 N–H and O–H groups in total. The van der Waals surface area contributed by atoms with Crippen LogP contribution in [0.5, 0.6) is 0 Å². The monoisotopic (exact) mass is 235 g/mol. The molecular weight excluding hydrogens is 218 g/mol. The highest BCUT2D eigenvalue weighted by atomic mass is 35.5. The molecule has 3 rings (SSSR count). The minimum atomic E-state index is 0.270. The van der Waals surface area contributed by atoms with Crippen LogP contribution in [0.4, 0.5) is 0 Å². The highest BCUT2D eigenvalue weighted by Crippen LogP contribution is 2.51. The van der Waals surface area contributed by atoms with Gasteiger partial charge in [-0.15, -0.1) is 0 Å². The summed E-state index contributed by atoms with van der Waals surface area (Å²) in [7, 11) is 0. The Morgan fingerprint density at radius 3 is 2.25 bits per heavy atom. The van der Waals surface area contributed by atoms with Gasteiger partial charge in [0.05, 0.1) is 0 Å². The van der Waals surface area contributed by atoms with Gasteiger partial charge in [-0.3, -0.25) is 0 Å². The maximum atomic E-state index is 6.46. The van der Waals surface area contributed by atoms with Gasteiger partial charge < -0.3 is 5.73 Å². The first-order valence-electron chi connectivity index (χ1n) is 6.24. The fraction of sp³-hybridized carbons (Fsp3) is 0.571. The van der Waals surface area contributed by atoms with E-state index in [0.717, 1.165) is 10.9 Å². The highest BCUT2D eigenvalue weighted by molar-refractivity contribution is 6.30. The summed E-state index contributed by atoms with van der Waals surface area (Å²) in [5.41, 5.74) is 8.13. The minimum absolute atomic E-state index is 0.270. The molecule has 1 aromatic carbocycles. The number of halogens is 1. The second-order valence-corrected chi connectivity index (χ2v) is 5.82. The van der Waals surface area contributed by atoms with Gasteiger partial charge in [0.25, 0.3) is 0 Å². The largest absolute Gasteiger partial charge is 0.327 e. The molecule has 2 aliphatic carbocycles. The lowest BCUT2D eigenvalue weighted by Gasteiger charge is -2.47. The smallest absolute Gasteiger partial charge is 0.0406 e. The molecule has 0 heterocycles. The maximum Gasteiger partial charge on any atom is 0.0406 e. The van der Waals surface area contributed by atoms with E-state index in [1.807, 2.05) is 12.1 Å². The van der Waals surface area contributed by atoms with Gasteiger partial charge in [0, 0.05) is 16.5 Å². The Balaban J connectivity index is 1.91. The quantitative estimate of drug-likeness (QED) is 0.853. The van der Waals surface area contributed by atoms with E-state index in [0.29, 0.717) is 6.04 Å². The van der Waals surface area contributed by atoms with Crippen molar-refractivity contribution in [3.05, 3.63) is 34.9 Å². The van der Waals surface area contributed by atoms with Crippen LogP contribution >= 0.6 is 11.6 Å². The van der Waals surface area contributed by atoms with Crippen LogP contribution in [0.25, 0.3) is 0 Å². The van der Waals surface area contributed by atoms with Crippen LogP contribution in [0.15, 0.2) is 24.3 Å².